The first-order valence-electron chi connectivity index (χ1n) is 4.85. The minimum atomic E-state index is -0.358. The van der Waals surface area contributed by atoms with E-state index in [-0.39, 0.29) is 18.1 Å². The van der Waals surface area contributed by atoms with Crippen molar-refractivity contribution in [1.82, 2.24) is 5.32 Å². The first kappa shape index (κ1) is 10.3. The van der Waals surface area contributed by atoms with Crippen molar-refractivity contribution in [1.29, 1.82) is 0 Å². The number of aliphatic hydroxyl groups excluding tert-OH is 1. The zero-order valence-electron chi connectivity index (χ0n) is 7.99. The lowest BCUT2D eigenvalue weighted by atomic mass is 9.92. The van der Waals surface area contributed by atoms with Gasteiger partial charge in [0, 0.05) is 0 Å². The van der Waals surface area contributed by atoms with Crippen LogP contribution in [0.5, 0.6) is 0 Å². The summed E-state index contributed by atoms with van der Waals surface area (Å²) in [5.74, 6) is -0.103. The first-order chi connectivity index (χ1) is 6.24. The van der Waals surface area contributed by atoms with Crippen LogP contribution in [0.15, 0.2) is 12.2 Å². The van der Waals surface area contributed by atoms with E-state index in [4.69, 9.17) is 0 Å². The van der Waals surface area contributed by atoms with E-state index < -0.39 is 0 Å². The van der Waals surface area contributed by atoms with Crippen LogP contribution in [0.2, 0.25) is 0 Å². The third-order valence-electron chi connectivity index (χ3n) is 2.38. The molecule has 1 aliphatic rings. The van der Waals surface area contributed by atoms with Gasteiger partial charge in [0.05, 0.1) is 12.1 Å². The van der Waals surface area contributed by atoms with Gasteiger partial charge in [-0.2, -0.15) is 0 Å². The number of nitrogens with one attached hydrogen (secondary N) is 1. The van der Waals surface area contributed by atoms with Crippen LogP contribution in [0, 0.1) is 0 Å². The molecule has 0 aromatic rings. The summed E-state index contributed by atoms with van der Waals surface area (Å²) in [5, 5.41) is 12.3. The molecule has 0 aliphatic heterocycles. The monoisotopic (exact) mass is 183 g/mol. The maximum absolute atomic E-state index is 11.1. The summed E-state index contributed by atoms with van der Waals surface area (Å²) >= 11 is 0. The van der Waals surface area contributed by atoms with Gasteiger partial charge in [0.1, 0.15) is 0 Å². The number of hydrogen-bond donors (Lipinski definition) is 2. The second-order valence-corrected chi connectivity index (χ2v) is 3.47. The summed E-state index contributed by atoms with van der Waals surface area (Å²) < 4.78 is 0. The predicted octanol–water partition coefficient (Wildman–Crippen LogP) is 0.982. The molecule has 0 saturated heterocycles. The second-order valence-electron chi connectivity index (χ2n) is 3.47. The lowest BCUT2D eigenvalue weighted by Crippen LogP contribution is -2.44. The standard InChI is InChI=1S/C10H17NO2/c1-2-5-10(13)11-8-6-3-4-7-9(8)12/h2,5,8-9,12H,3-4,6-7H2,1H3,(H,11,13)/b5-2+/t8-,9-/m1/s1. The molecule has 0 radical (unpaired) electrons. The maximum Gasteiger partial charge on any atom is 0.243 e. The molecule has 3 nitrogen and oxygen atoms in total. The van der Waals surface area contributed by atoms with E-state index in [0.717, 1.165) is 25.7 Å². The Morgan fingerprint density at radius 1 is 1.46 bits per heavy atom. The van der Waals surface area contributed by atoms with Crippen LogP contribution in [-0.2, 0) is 4.79 Å². The van der Waals surface area contributed by atoms with Crippen molar-refractivity contribution in [3.63, 3.8) is 0 Å². The van der Waals surface area contributed by atoms with Gasteiger partial charge in [0.15, 0.2) is 0 Å². The van der Waals surface area contributed by atoms with E-state index in [9.17, 15) is 9.90 Å². The molecule has 0 heterocycles. The predicted molar refractivity (Wildman–Crippen MR) is 51.2 cm³/mol. The molecule has 74 valence electrons. The highest BCUT2D eigenvalue weighted by Crippen LogP contribution is 2.18. The van der Waals surface area contributed by atoms with Gasteiger partial charge in [0.25, 0.3) is 0 Å². The summed E-state index contributed by atoms with van der Waals surface area (Å²) in [6, 6.07) is -0.0440. The summed E-state index contributed by atoms with van der Waals surface area (Å²) in [4.78, 5) is 11.1. The molecule has 1 aliphatic carbocycles. The highest BCUT2D eigenvalue weighted by Gasteiger charge is 2.23. The van der Waals surface area contributed by atoms with Crippen LogP contribution in [0.4, 0.5) is 0 Å². The van der Waals surface area contributed by atoms with Gasteiger partial charge < -0.3 is 10.4 Å². The molecule has 2 atom stereocenters. The van der Waals surface area contributed by atoms with E-state index in [0.29, 0.717) is 0 Å². The van der Waals surface area contributed by atoms with Crippen LogP contribution in [0.3, 0.4) is 0 Å². The number of carbonyl (C=O) groups is 1. The molecule has 0 aromatic heterocycles. The fourth-order valence-electron chi connectivity index (χ4n) is 1.66. The number of amides is 1. The summed E-state index contributed by atoms with van der Waals surface area (Å²) in [6.45, 7) is 1.80. The van der Waals surface area contributed by atoms with Crippen LogP contribution >= 0.6 is 0 Å². The lowest BCUT2D eigenvalue weighted by Gasteiger charge is -2.27. The Bertz CT molecular complexity index is 201. The molecule has 1 fully saturated rings. The molecule has 1 rings (SSSR count). The van der Waals surface area contributed by atoms with E-state index in [1.165, 1.54) is 6.08 Å². The molecule has 1 saturated carbocycles. The van der Waals surface area contributed by atoms with Gasteiger partial charge in [-0.15, -0.1) is 0 Å². The van der Waals surface area contributed by atoms with Crippen molar-refractivity contribution in [3.8, 4) is 0 Å². The third-order valence-corrected chi connectivity index (χ3v) is 2.38. The van der Waals surface area contributed by atoms with Crippen LogP contribution in [-0.4, -0.2) is 23.2 Å². The minimum absolute atomic E-state index is 0.0440. The number of hydrogen-bond acceptors (Lipinski definition) is 2. The molecule has 2 N–H and O–H groups in total. The Morgan fingerprint density at radius 3 is 2.77 bits per heavy atom. The topological polar surface area (TPSA) is 49.3 Å². The van der Waals surface area contributed by atoms with Gasteiger partial charge >= 0.3 is 0 Å². The van der Waals surface area contributed by atoms with Crippen LogP contribution in [0.1, 0.15) is 32.6 Å². The molecule has 13 heavy (non-hydrogen) atoms. The van der Waals surface area contributed by atoms with Crippen molar-refractivity contribution in [3.05, 3.63) is 12.2 Å². The molecular weight excluding hydrogens is 166 g/mol. The van der Waals surface area contributed by atoms with E-state index in [1.54, 1.807) is 13.0 Å². The highest BCUT2D eigenvalue weighted by atomic mass is 16.3. The van der Waals surface area contributed by atoms with Crippen LogP contribution in [0.25, 0.3) is 0 Å². The van der Waals surface area contributed by atoms with Crippen molar-refractivity contribution in [2.75, 3.05) is 0 Å². The number of carbonyl (C=O) groups excluding carboxylic acids is 1. The summed E-state index contributed by atoms with van der Waals surface area (Å²) in [7, 11) is 0. The molecule has 0 unspecified atom stereocenters. The Labute approximate surface area is 78.8 Å². The average molecular weight is 183 g/mol. The van der Waals surface area contributed by atoms with Gasteiger partial charge in [-0.1, -0.05) is 18.9 Å². The van der Waals surface area contributed by atoms with E-state index >= 15 is 0 Å². The Morgan fingerprint density at radius 2 is 2.15 bits per heavy atom. The first-order valence-corrected chi connectivity index (χ1v) is 4.85. The minimum Gasteiger partial charge on any atom is -0.391 e. The molecule has 3 heteroatoms. The van der Waals surface area contributed by atoms with Gasteiger partial charge in [-0.25, -0.2) is 0 Å². The van der Waals surface area contributed by atoms with Crippen molar-refractivity contribution >= 4 is 5.91 Å². The van der Waals surface area contributed by atoms with E-state index in [2.05, 4.69) is 5.32 Å². The zero-order chi connectivity index (χ0) is 9.68. The number of aliphatic hydroxyl groups is 1. The van der Waals surface area contributed by atoms with Crippen LogP contribution < -0.4 is 5.32 Å². The largest absolute Gasteiger partial charge is 0.391 e. The summed E-state index contributed by atoms with van der Waals surface area (Å²) in [5.41, 5.74) is 0. The Balaban J connectivity index is 2.37. The van der Waals surface area contributed by atoms with E-state index in [1.807, 2.05) is 0 Å². The zero-order valence-corrected chi connectivity index (χ0v) is 7.99. The van der Waals surface area contributed by atoms with Gasteiger partial charge in [0.2, 0.25) is 5.91 Å². The average Bonchev–Trinajstić information content (AvgIpc) is 2.09. The molecule has 0 bridgehead atoms. The quantitative estimate of drug-likeness (QED) is 0.627. The third kappa shape index (κ3) is 3.19. The molecule has 0 aromatic carbocycles. The second kappa shape index (κ2) is 5.02. The summed E-state index contributed by atoms with van der Waals surface area (Å²) in [6.07, 6.45) is 6.69. The smallest absolute Gasteiger partial charge is 0.243 e. The van der Waals surface area contributed by atoms with Gasteiger partial charge in [-0.3, -0.25) is 4.79 Å². The molecule has 0 spiro atoms. The number of allylic oxidation sites excluding steroid dienone is 1. The lowest BCUT2D eigenvalue weighted by molar-refractivity contribution is -0.118. The fourth-order valence-corrected chi connectivity index (χ4v) is 1.66. The Hall–Kier alpha value is -0.830. The normalized spacial score (nSPS) is 29.1. The highest BCUT2D eigenvalue weighted by molar-refractivity contribution is 5.87. The fraction of sp³-hybridized carbons (Fsp3) is 0.700. The van der Waals surface area contributed by atoms with Crippen molar-refractivity contribution < 1.29 is 9.90 Å². The van der Waals surface area contributed by atoms with Gasteiger partial charge in [-0.05, 0) is 25.8 Å². The number of rotatable bonds is 2. The molecule has 1 amide bonds. The maximum atomic E-state index is 11.1. The SMILES string of the molecule is C/C=C/C(=O)N[C@@H]1CCCC[C@H]1O. The Kier molecular flexibility index (Phi) is 3.96. The van der Waals surface area contributed by atoms with Crippen molar-refractivity contribution in [2.24, 2.45) is 0 Å². The van der Waals surface area contributed by atoms with Crippen molar-refractivity contribution in [2.45, 2.75) is 44.8 Å². The molecular formula is C10H17NO2.